The SMILES string of the molecule is CCC(N)Cc1ccn(-c2ccccc2)n1. The van der Waals surface area contributed by atoms with Crippen LogP contribution in [0, 0.1) is 0 Å². The number of hydrogen-bond donors (Lipinski definition) is 1. The van der Waals surface area contributed by atoms with Crippen LogP contribution in [0.3, 0.4) is 0 Å². The van der Waals surface area contributed by atoms with Gasteiger partial charge in [0.15, 0.2) is 0 Å². The summed E-state index contributed by atoms with van der Waals surface area (Å²) in [5.74, 6) is 0. The van der Waals surface area contributed by atoms with Crippen molar-refractivity contribution in [2.75, 3.05) is 0 Å². The maximum absolute atomic E-state index is 5.90. The van der Waals surface area contributed by atoms with Crippen molar-refractivity contribution in [2.45, 2.75) is 25.8 Å². The van der Waals surface area contributed by atoms with Crippen molar-refractivity contribution in [3.05, 3.63) is 48.3 Å². The molecule has 0 amide bonds. The zero-order valence-corrected chi connectivity index (χ0v) is 9.50. The second-order valence-electron chi connectivity index (χ2n) is 3.96. The Hall–Kier alpha value is -1.61. The van der Waals surface area contributed by atoms with Crippen molar-refractivity contribution >= 4 is 0 Å². The van der Waals surface area contributed by atoms with Crippen molar-refractivity contribution in [1.29, 1.82) is 0 Å². The lowest BCUT2D eigenvalue weighted by molar-refractivity contribution is 0.631. The van der Waals surface area contributed by atoms with Gasteiger partial charge in [0.2, 0.25) is 0 Å². The van der Waals surface area contributed by atoms with Gasteiger partial charge >= 0.3 is 0 Å². The summed E-state index contributed by atoms with van der Waals surface area (Å²) in [6.45, 7) is 2.10. The average Bonchev–Trinajstić information content (AvgIpc) is 2.78. The lowest BCUT2D eigenvalue weighted by atomic mass is 10.1. The van der Waals surface area contributed by atoms with E-state index in [1.807, 2.05) is 47.3 Å². The first-order valence-electron chi connectivity index (χ1n) is 5.65. The molecule has 16 heavy (non-hydrogen) atoms. The Kier molecular flexibility index (Phi) is 3.37. The van der Waals surface area contributed by atoms with Crippen LogP contribution in [0.5, 0.6) is 0 Å². The molecule has 1 aromatic heterocycles. The first kappa shape index (κ1) is 10.9. The molecule has 1 heterocycles. The van der Waals surface area contributed by atoms with Gasteiger partial charge in [0.25, 0.3) is 0 Å². The molecule has 0 saturated carbocycles. The highest BCUT2D eigenvalue weighted by Gasteiger charge is 2.05. The van der Waals surface area contributed by atoms with Crippen LogP contribution in [0.4, 0.5) is 0 Å². The van der Waals surface area contributed by atoms with Gasteiger partial charge in [0.1, 0.15) is 0 Å². The Morgan fingerprint density at radius 1 is 1.25 bits per heavy atom. The molecule has 0 radical (unpaired) electrons. The fourth-order valence-electron chi connectivity index (χ4n) is 1.61. The van der Waals surface area contributed by atoms with Crippen LogP contribution in [0.1, 0.15) is 19.0 Å². The maximum Gasteiger partial charge on any atom is 0.0645 e. The summed E-state index contributed by atoms with van der Waals surface area (Å²) in [5.41, 5.74) is 8.04. The highest BCUT2D eigenvalue weighted by molar-refractivity contribution is 5.30. The minimum absolute atomic E-state index is 0.208. The second-order valence-corrected chi connectivity index (χ2v) is 3.96. The molecular weight excluding hydrogens is 198 g/mol. The van der Waals surface area contributed by atoms with E-state index in [0.29, 0.717) is 0 Å². The molecule has 2 N–H and O–H groups in total. The van der Waals surface area contributed by atoms with Crippen molar-refractivity contribution in [2.24, 2.45) is 5.73 Å². The fraction of sp³-hybridized carbons (Fsp3) is 0.308. The Morgan fingerprint density at radius 2 is 2.00 bits per heavy atom. The number of rotatable bonds is 4. The predicted octanol–water partition coefficient (Wildman–Crippen LogP) is 2.15. The van der Waals surface area contributed by atoms with Gasteiger partial charge in [-0.3, -0.25) is 0 Å². The lowest BCUT2D eigenvalue weighted by Gasteiger charge is -2.05. The van der Waals surface area contributed by atoms with Crippen LogP contribution in [0.2, 0.25) is 0 Å². The van der Waals surface area contributed by atoms with E-state index in [0.717, 1.165) is 24.2 Å². The third kappa shape index (κ3) is 2.49. The van der Waals surface area contributed by atoms with Crippen molar-refractivity contribution < 1.29 is 0 Å². The molecule has 0 aliphatic heterocycles. The summed E-state index contributed by atoms with van der Waals surface area (Å²) in [6, 6.07) is 12.3. The number of hydrogen-bond acceptors (Lipinski definition) is 2. The van der Waals surface area contributed by atoms with E-state index in [1.165, 1.54) is 0 Å². The van der Waals surface area contributed by atoms with Gasteiger partial charge < -0.3 is 5.73 Å². The Labute approximate surface area is 95.9 Å². The molecule has 3 heteroatoms. The number of para-hydroxylation sites is 1. The number of nitrogens with two attached hydrogens (primary N) is 1. The van der Waals surface area contributed by atoms with Crippen LogP contribution in [0.25, 0.3) is 5.69 Å². The van der Waals surface area contributed by atoms with Gasteiger partial charge in [-0.2, -0.15) is 5.10 Å². The quantitative estimate of drug-likeness (QED) is 0.849. The van der Waals surface area contributed by atoms with E-state index in [2.05, 4.69) is 12.0 Å². The number of nitrogens with zero attached hydrogens (tertiary/aromatic N) is 2. The largest absolute Gasteiger partial charge is 0.327 e. The third-order valence-corrected chi connectivity index (χ3v) is 2.66. The van der Waals surface area contributed by atoms with E-state index in [9.17, 15) is 0 Å². The third-order valence-electron chi connectivity index (χ3n) is 2.66. The molecule has 1 aromatic carbocycles. The smallest absolute Gasteiger partial charge is 0.0645 e. The summed E-state index contributed by atoms with van der Waals surface area (Å²) in [4.78, 5) is 0. The van der Waals surface area contributed by atoms with Gasteiger partial charge in [-0.05, 0) is 24.6 Å². The summed E-state index contributed by atoms with van der Waals surface area (Å²) in [7, 11) is 0. The van der Waals surface area contributed by atoms with Crippen LogP contribution in [-0.2, 0) is 6.42 Å². The minimum atomic E-state index is 0.208. The first-order valence-corrected chi connectivity index (χ1v) is 5.65. The van der Waals surface area contributed by atoms with Gasteiger partial charge in [0.05, 0.1) is 11.4 Å². The van der Waals surface area contributed by atoms with Gasteiger partial charge in [-0.1, -0.05) is 25.1 Å². The number of benzene rings is 1. The van der Waals surface area contributed by atoms with Crippen LogP contribution in [-0.4, -0.2) is 15.8 Å². The van der Waals surface area contributed by atoms with E-state index >= 15 is 0 Å². The Bertz CT molecular complexity index is 433. The molecule has 1 atom stereocenters. The van der Waals surface area contributed by atoms with E-state index in [1.54, 1.807) is 0 Å². The second kappa shape index (κ2) is 4.94. The topological polar surface area (TPSA) is 43.8 Å². The molecule has 1 unspecified atom stereocenters. The molecule has 3 nitrogen and oxygen atoms in total. The zero-order chi connectivity index (χ0) is 11.4. The molecule has 0 bridgehead atoms. The van der Waals surface area contributed by atoms with Crippen LogP contribution in [0.15, 0.2) is 42.6 Å². The average molecular weight is 215 g/mol. The zero-order valence-electron chi connectivity index (χ0n) is 9.50. The fourth-order valence-corrected chi connectivity index (χ4v) is 1.61. The van der Waals surface area contributed by atoms with E-state index in [-0.39, 0.29) is 6.04 Å². The van der Waals surface area contributed by atoms with Crippen LogP contribution < -0.4 is 5.73 Å². The van der Waals surface area contributed by atoms with Crippen molar-refractivity contribution in [3.8, 4) is 5.69 Å². The summed E-state index contributed by atoms with van der Waals surface area (Å²) >= 11 is 0. The monoisotopic (exact) mass is 215 g/mol. The van der Waals surface area contributed by atoms with Gasteiger partial charge in [-0.15, -0.1) is 0 Å². The molecule has 0 saturated heterocycles. The molecule has 2 aromatic rings. The van der Waals surface area contributed by atoms with Crippen LogP contribution >= 0.6 is 0 Å². The summed E-state index contributed by atoms with van der Waals surface area (Å²) < 4.78 is 1.89. The van der Waals surface area contributed by atoms with Crippen molar-refractivity contribution in [3.63, 3.8) is 0 Å². The predicted molar refractivity (Wildman–Crippen MR) is 65.5 cm³/mol. The Balaban J connectivity index is 2.14. The molecular formula is C13H17N3. The molecule has 0 spiro atoms. The number of aromatic nitrogens is 2. The van der Waals surface area contributed by atoms with Gasteiger partial charge in [0, 0.05) is 18.7 Å². The Morgan fingerprint density at radius 3 is 2.69 bits per heavy atom. The molecule has 2 rings (SSSR count). The maximum atomic E-state index is 5.90. The van der Waals surface area contributed by atoms with E-state index < -0.39 is 0 Å². The summed E-state index contributed by atoms with van der Waals surface area (Å²) in [6.07, 6.45) is 3.81. The highest BCUT2D eigenvalue weighted by Crippen LogP contribution is 2.08. The molecule has 0 fully saturated rings. The molecule has 84 valence electrons. The summed E-state index contributed by atoms with van der Waals surface area (Å²) in [5, 5.41) is 4.51. The standard InChI is InChI=1S/C13H17N3/c1-2-11(14)10-12-8-9-16(15-12)13-6-4-3-5-7-13/h3-9,11H,2,10,14H2,1H3. The lowest BCUT2D eigenvalue weighted by Crippen LogP contribution is -2.21. The van der Waals surface area contributed by atoms with E-state index in [4.69, 9.17) is 5.73 Å². The highest BCUT2D eigenvalue weighted by atomic mass is 15.3. The normalized spacial score (nSPS) is 12.6. The minimum Gasteiger partial charge on any atom is -0.327 e. The molecule has 0 aliphatic rings. The molecule has 0 aliphatic carbocycles. The van der Waals surface area contributed by atoms with Crippen molar-refractivity contribution in [1.82, 2.24) is 9.78 Å². The first-order chi connectivity index (χ1) is 7.79. The van der Waals surface area contributed by atoms with Gasteiger partial charge in [-0.25, -0.2) is 4.68 Å².